The van der Waals surface area contributed by atoms with Crippen LogP contribution in [-0.4, -0.2) is 42.3 Å². The Bertz CT molecular complexity index is 594. The zero-order valence-corrected chi connectivity index (χ0v) is 14.5. The molecule has 1 fully saturated rings. The number of piperidine rings is 1. The Balaban J connectivity index is 1.94. The number of aromatic nitrogens is 1. The van der Waals surface area contributed by atoms with Gasteiger partial charge in [0, 0.05) is 25.7 Å². The molecule has 0 spiro atoms. The van der Waals surface area contributed by atoms with Crippen molar-refractivity contribution in [3.8, 4) is 0 Å². The number of thioether (sulfide) groups is 1. The van der Waals surface area contributed by atoms with Gasteiger partial charge in [-0.1, -0.05) is 6.42 Å². The molecule has 1 aliphatic heterocycles. The van der Waals surface area contributed by atoms with E-state index in [1.807, 2.05) is 0 Å². The summed E-state index contributed by atoms with van der Waals surface area (Å²) in [5, 5.41) is 0.793. The molecule has 0 saturated carbocycles. The fourth-order valence-corrected chi connectivity index (χ4v) is 4.61. The lowest BCUT2D eigenvalue weighted by Gasteiger charge is -2.25. The Morgan fingerprint density at radius 2 is 2.00 bits per heavy atom. The second kappa shape index (κ2) is 8.08. The summed E-state index contributed by atoms with van der Waals surface area (Å²) in [6.45, 7) is 2.79. The van der Waals surface area contributed by atoms with E-state index >= 15 is 0 Å². The molecule has 0 N–H and O–H groups in total. The minimum absolute atomic E-state index is 0.191. The van der Waals surface area contributed by atoms with Crippen LogP contribution in [0.25, 0.3) is 0 Å². The number of nitrogens with zero attached hydrogens (tertiary/aromatic N) is 2. The van der Waals surface area contributed by atoms with E-state index in [-0.39, 0.29) is 10.7 Å². The van der Waals surface area contributed by atoms with Crippen molar-refractivity contribution in [3.63, 3.8) is 0 Å². The van der Waals surface area contributed by atoms with Crippen LogP contribution in [0, 0.1) is 0 Å². The summed E-state index contributed by atoms with van der Waals surface area (Å²) in [4.78, 5) is 15.4. The smallest absolute Gasteiger partial charge is 0.244 e. The first-order valence-corrected chi connectivity index (χ1v) is 10.0. The van der Waals surface area contributed by atoms with Gasteiger partial charge in [0.1, 0.15) is 10.7 Å². The third kappa shape index (κ3) is 4.79. The monoisotopic (exact) mass is 342 g/mol. The van der Waals surface area contributed by atoms with Gasteiger partial charge in [0.2, 0.25) is 10.0 Å². The first-order chi connectivity index (χ1) is 10.5. The molecule has 0 unspecified atom stereocenters. The predicted octanol–water partition coefficient (Wildman–Crippen LogP) is 2.72. The van der Waals surface area contributed by atoms with Crippen LogP contribution in [0.4, 0.5) is 0 Å². The lowest BCUT2D eigenvalue weighted by molar-refractivity contribution is -0.117. The number of pyridine rings is 1. The van der Waals surface area contributed by atoms with Crippen LogP contribution in [0.3, 0.4) is 0 Å². The summed E-state index contributed by atoms with van der Waals surface area (Å²) in [7, 11) is -3.40. The maximum absolute atomic E-state index is 12.5. The highest BCUT2D eigenvalue weighted by Gasteiger charge is 2.26. The molecule has 5 nitrogen and oxygen atoms in total. The Morgan fingerprint density at radius 3 is 2.59 bits per heavy atom. The SMILES string of the molecule is CC(=O)CCCSc1ccc(S(=O)(=O)N2CCCCC2)cn1. The van der Waals surface area contributed by atoms with Crippen LogP contribution in [0.2, 0.25) is 0 Å². The van der Waals surface area contributed by atoms with Crippen molar-refractivity contribution >= 4 is 27.6 Å². The summed E-state index contributed by atoms with van der Waals surface area (Å²) >= 11 is 1.55. The number of hydrogen-bond donors (Lipinski definition) is 0. The number of ketones is 1. The zero-order valence-electron chi connectivity index (χ0n) is 12.8. The second-order valence-electron chi connectivity index (χ2n) is 5.45. The molecule has 1 aromatic heterocycles. The van der Waals surface area contributed by atoms with E-state index in [0.29, 0.717) is 19.5 Å². The van der Waals surface area contributed by atoms with Crippen molar-refractivity contribution in [2.45, 2.75) is 48.9 Å². The molecule has 0 amide bonds. The van der Waals surface area contributed by atoms with E-state index in [1.165, 1.54) is 6.20 Å². The van der Waals surface area contributed by atoms with Crippen molar-refractivity contribution in [3.05, 3.63) is 18.3 Å². The van der Waals surface area contributed by atoms with Crippen LogP contribution in [0.15, 0.2) is 28.3 Å². The first-order valence-electron chi connectivity index (χ1n) is 7.58. The number of Topliss-reactive ketones (excluding diaryl/α,β-unsaturated/α-hetero) is 1. The van der Waals surface area contributed by atoms with Crippen molar-refractivity contribution in [2.24, 2.45) is 0 Å². The van der Waals surface area contributed by atoms with Gasteiger partial charge in [-0.2, -0.15) is 4.31 Å². The van der Waals surface area contributed by atoms with Gasteiger partial charge in [0.15, 0.2) is 0 Å². The fraction of sp³-hybridized carbons (Fsp3) is 0.600. The summed E-state index contributed by atoms with van der Waals surface area (Å²) in [5.41, 5.74) is 0. The number of carbonyl (C=O) groups excluding carboxylic acids is 1. The van der Waals surface area contributed by atoms with Gasteiger partial charge >= 0.3 is 0 Å². The summed E-state index contributed by atoms with van der Waals surface area (Å²) in [6.07, 6.45) is 5.79. The topological polar surface area (TPSA) is 67.3 Å². The highest BCUT2D eigenvalue weighted by molar-refractivity contribution is 7.99. The van der Waals surface area contributed by atoms with Gasteiger partial charge in [0.05, 0.1) is 5.03 Å². The normalized spacial score (nSPS) is 16.6. The standard InChI is InChI=1S/C15H22N2O3S2/c1-13(18)6-5-11-21-15-8-7-14(12-16-15)22(19,20)17-9-3-2-4-10-17/h7-8,12H,2-6,9-11H2,1H3. The number of rotatable bonds is 7. The van der Waals surface area contributed by atoms with Crippen LogP contribution in [-0.2, 0) is 14.8 Å². The average molecular weight is 342 g/mol. The van der Waals surface area contributed by atoms with E-state index in [4.69, 9.17) is 0 Å². The Labute approximate surface area is 136 Å². The van der Waals surface area contributed by atoms with Gasteiger partial charge in [-0.3, -0.25) is 0 Å². The van der Waals surface area contributed by atoms with Crippen molar-refractivity contribution < 1.29 is 13.2 Å². The van der Waals surface area contributed by atoms with Gasteiger partial charge in [-0.05, 0) is 44.1 Å². The van der Waals surface area contributed by atoms with Crippen LogP contribution in [0.5, 0.6) is 0 Å². The summed E-state index contributed by atoms with van der Waals surface area (Å²) < 4.78 is 26.5. The molecule has 2 rings (SSSR count). The molecule has 0 aromatic carbocycles. The van der Waals surface area contributed by atoms with E-state index in [1.54, 1.807) is 35.1 Å². The predicted molar refractivity (Wildman–Crippen MR) is 87.5 cm³/mol. The van der Waals surface area contributed by atoms with Crippen LogP contribution >= 0.6 is 11.8 Å². The molecular formula is C15H22N2O3S2. The average Bonchev–Trinajstić information content (AvgIpc) is 2.53. The van der Waals surface area contributed by atoms with Crippen molar-refractivity contribution in [1.82, 2.24) is 9.29 Å². The van der Waals surface area contributed by atoms with Crippen molar-refractivity contribution in [2.75, 3.05) is 18.8 Å². The second-order valence-corrected chi connectivity index (χ2v) is 8.50. The Hall–Kier alpha value is -0.920. The molecule has 0 radical (unpaired) electrons. The summed E-state index contributed by atoms with van der Waals surface area (Å²) in [5.74, 6) is 1.00. The lowest BCUT2D eigenvalue weighted by Crippen LogP contribution is -2.35. The molecular weight excluding hydrogens is 320 g/mol. The van der Waals surface area contributed by atoms with Gasteiger partial charge in [-0.15, -0.1) is 11.8 Å². The highest BCUT2D eigenvalue weighted by Crippen LogP contribution is 2.22. The molecule has 1 aliphatic rings. The maximum atomic E-state index is 12.5. The molecule has 1 aromatic rings. The van der Waals surface area contributed by atoms with E-state index in [0.717, 1.165) is 36.5 Å². The Kier molecular flexibility index (Phi) is 6.40. The molecule has 0 atom stereocenters. The number of hydrogen-bond acceptors (Lipinski definition) is 5. The van der Waals surface area contributed by atoms with Gasteiger partial charge < -0.3 is 4.79 Å². The highest BCUT2D eigenvalue weighted by atomic mass is 32.2. The minimum Gasteiger partial charge on any atom is -0.300 e. The third-order valence-electron chi connectivity index (χ3n) is 3.59. The third-order valence-corrected chi connectivity index (χ3v) is 6.50. The molecule has 0 bridgehead atoms. The largest absolute Gasteiger partial charge is 0.300 e. The van der Waals surface area contributed by atoms with Crippen molar-refractivity contribution in [1.29, 1.82) is 0 Å². The fourth-order valence-electron chi connectivity index (χ4n) is 2.36. The molecule has 122 valence electrons. The van der Waals surface area contributed by atoms with E-state index < -0.39 is 10.0 Å². The molecule has 22 heavy (non-hydrogen) atoms. The maximum Gasteiger partial charge on any atom is 0.244 e. The van der Waals surface area contributed by atoms with E-state index in [2.05, 4.69) is 4.98 Å². The number of sulfonamides is 1. The van der Waals surface area contributed by atoms with E-state index in [9.17, 15) is 13.2 Å². The lowest BCUT2D eigenvalue weighted by atomic mass is 10.2. The molecule has 0 aliphatic carbocycles. The molecule has 1 saturated heterocycles. The van der Waals surface area contributed by atoms with Crippen LogP contribution in [0.1, 0.15) is 39.0 Å². The number of carbonyl (C=O) groups is 1. The first kappa shape index (κ1) is 17.4. The molecule has 7 heteroatoms. The van der Waals surface area contributed by atoms with Gasteiger partial charge in [-0.25, -0.2) is 13.4 Å². The van der Waals surface area contributed by atoms with Crippen LogP contribution < -0.4 is 0 Å². The quantitative estimate of drug-likeness (QED) is 0.563. The zero-order chi connectivity index (χ0) is 16.0. The van der Waals surface area contributed by atoms with Gasteiger partial charge in [0.25, 0.3) is 0 Å². The Morgan fingerprint density at radius 1 is 1.27 bits per heavy atom. The minimum atomic E-state index is -3.40. The summed E-state index contributed by atoms with van der Waals surface area (Å²) in [6, 6.07) is 3.37. The molecule has 2 heterocycles.